The molecule has 0 atom stereocenters. The van der Waals surface area contributed by atoms with Crippen molar-refractivity contribution in [3.05, 3.63) is 44.4 Å². The number of nitrogens with zero attached hydrogens (tertiary/aromatic N) is 4. The molecule has 7 nitrogen and oxygen atoms in total. The van der Waals surface area contributed by atoms with E-state index in [1.807, 2.05) is 18.5 Å². The van der Waals surface area contributed by atoms with Crippen LogP contribution in [0.2, 0.25) is 0 Å². The molecule has 0 radical (unpaired) electrons. The molecule has 1 aliphatic rings. The van der Waals surface area contributed by atoms with Crippen molar-refractivity contribution in [1.29, 1.82) is 0 Å². The van der Waals surface area contributed by atoms with Crippen LogP contribution in [0.3, 0.4) is 0 Å². The van der Waals surface area contributed by atoms with E-state index in [1.165, 1.54) is 0 Å². The van der Waals surface area contributed by atoms with Crippen LogP contribution in [0, 0.1) is 20.8 Å². The summed E-state index contributed by atoms with van der Waals surface area (Å²) in [7, 11) is 0. The Morgan fingerprint density at radius 3 is 2.64 bits per heavy atom. The summed E-state index contributed by atoms with van der Waals surface area (Å²) in [6.07, 6.45) is 0.884. The van der Waals surface area contributed by atoms with Gasteiger partial charge in [0, 0.05) is 29.4 Å². The van der Waals surface area contributed by atoms with Crippen molar-refractivity contribution in [1.82, 2.24) is 24.6 Å². The van der Waals surface area contributed by atoms with Crippen LogP contribution >= 0.6 is 0 Å². The first-order valence-corrected chi connectivity index (χ1v) is 8.69. The lowest BCUT2D eigenvalue weighted by atomic mass is 10.0. The Morgan fingerprint density at radius 1 is 1.28 bits per heavy atom. The lowest BCUT2D eigenvalue weighted by molar-refractivity contribution is -0.131. The van der Waals surface area contributed by atoms with Gasteiger partial charge in [-0.3, -0.25) is 14.3 Å². The maximum atomic E-state index is 12.8. The number of aromatic nitrogens is 4. The van der Waals surface area contributed by atoms with Gasteiger partial charge in [-0.15, -0.1) is 0 Å². The van der Waals surface area contributed by atoms with Gasteiger partial charge >= 0.3 is 0 Å². The fraction of sp³-hybridized carbons (Fsp3) is 0.556. The largest absolute Gasteiger partial charge is 0.336 e. The Morgan fingerprint density at radius 2 is 2.00 bits per heavy atom. The predicted octanol–water partition coefficient (Wildman–Crippen LogP) is 1.60. The number of carbonyl (C=O) groups is 1. The molecule has 25 heavy (non-hydrogen) atoms. The second kappa shape index (κ2) is 6.46. The minimum absolute atomic E-state index is 0.0555. The van der Waals surface area contributed by atoms with Gasteiger partial charge in [-0.05, 0) is 41.0 Å². The predicted molar refractivity (Wildman–Crippen MR) is 94.5 cm³/mol. The van der Waals surface area contributed by atoms with E-state index >= 15 is 0 Å². The number of amides is 1. The van der Waals surface area contributed by atoms with Crippen molar-refractivity contribution in [2.45, 2.75) is 60.0 Å². The van der Waals surface area contributed by atoms with Gasteiger partial charge in [-0.1, -0.05) is 0 Å². The fourth-order valence-corrected chi connectivity index (χ4v) is 3.50. The quantitative estimate of drug-likeness (QED) is 0.917. The highest BCUT2D eigenvalue weighted by atomic mass is 16.2. The molecular formula is C18H25N5O2. The maximum absolute atomic E-state index is 12.8. The zero-order valence-electron chi connectivity index (χ0n) is 15.5. The number of carbonyl (C=O) groups excluding carboxylic acids is 1. The van der Waals surface area contributed by atoms with Crippen molar-refractivity contribution < 1.29 is 4.79 Å². The van der Waals surface area contributed by atoms with E-state index in [1.54, 1.807) is 11.8 Å². The molecule has 134 valence electrons. The molecule has 3 rings (SSSR count). The van der Waals surface area contributed by atoms with Crippen LogP contribution in [0.1, 0.15) is 53.9 Å². The number of aromatic amines is 1. The monoisotopic (exact) mass is 343 g/mol. The van der Waals surface area contributed by atoms with Gasteiger partial charge in [0.2, 0.25) is 5.91 Å². The van der Waals surface area contributed by atoms with Crippen molar-refractivity contribution in [2.24, 2.45) is 0 Å². The fourth-order valence-electron chi connectivity index (χ4n) is 3.50. The van der Waals surface area contributed by atoms with Gasteiger partial charge in [-0.25, -0.2) is 4.98 Å². The van der Waals surface area contributed by atoms with Crippen molar-refractivity contribution in [3.8, 4) is 0 Å². The maximum Gasteiger partial charge on any atom is 0.254 e. The summed E-state index contributed by atoms with van der Waals surface area (Å²) in [6, 6.07) is 0.267. The van der Waals surface area contributed by atoms with E-state index in [2.05, 4.69) is 28.9 Å². The van der Waals surface area contributed by atoms with Gasteiger partial charge < -0.3 is 9.88 Å². The second-order valence-electron chi connectivity index (χ2n) is 7.01. The molecule has 1 N–H and O–H groups in total. The molecule has 0 unspecified atom stereocenters. The molecule has 2 aromatic heterocycles. The topological polar surface area (TPSA) is 83.9 Å². The molecule has 0 aromatic carbocycles. The number of rotatable bonds is 3. The highest BCUT2D eigenvalue weighted by Gasteiger charge is 2.25. The molecule has 0 aliphatic carbocycles. The van der Waals surface area contributed by atoms with Gasteiger partial charge in [0.1, 0.15) is 5.82 Å². The minimum Gasteiger partial charge on any atom is -0.336 e. The van der Waals surface area contributed by atoms with Gasteiger partial charge in [0.05, 0.1) is 24.4 Å². The summed E-state index contributed by atoms with van der Waals surface area (Å²) in [6.45, 7) is 10.8. The Balaban J connectivity index is 1.80. The molecule has 0 bridgehead atoms. The van der Waals surface area contributed by atoms with E-state index in [4.69, 9.17) is 0 Å². The average Bonchev–Trinajstić information content (AvgIpc) is 2.82. The Bertz CT molecular complexity index is 878. The number of nitrogens with one attached hydrogen (secondary N) is 1. The van der Waals surface area contributed by atoms with Crippen LogP contribution in [0.25, 0.3) is 0 Å². The normalized spacial score (nSPS) is 14.1. The van der Waals surface area contributed by atoms with Gasteiger partial charge in [0.25, 0.3) is 5.56 Å². The highest BCUT2D eigenvalue weighted by molar-refractivity contribution is 5.79. The zero-order chi connectivity index (χ0) is 18.3. The molecule has 0 spiro atoms. The van der Waals surface area contributed by atoms with E-state index in [0.29, 0.717) is 43.0 Å². The third-order valence-electron chi connectivity index (χ3n) is 4.84. The van der Waals surface area contributed by atoms with Crippen LogP contribution < -0.4 is 5.56 Å². The van der Waals surface area contributed by atoms with E-state index in [9.17, 15) is 9.59 Å². The van der Waals surface area contributed by atoms with Gasteiger partial charge in [-0.2, -0.15) is 5.10 Å². The Labute approximate surface area is 147 Å². The molecule has 2 aromatic rings. The molecule has 0 saturated heterocycles. The van der Waals surface area contributed by atoms with Gasteiger partial charge in [0.15, 0.2) is 0 Å². The Kier molecular flexibility index (Phi) is 4.49. The standard InChI is InChI=1S/C18H25N5O2/c1-10(2)23-12(4)15(11(3)21-23)8-17(24)22-7-6-14-16(9-22)19-13(5)20-18(14)25/h10H,6-9H2,1-5H3,(H,19,20,25). The number of H-pyrrole nitrogens is 1. The number of hydrogen-bond donors (Lipinski definition) is 1. The third kappa shape index (κ3) is 3.23. The van der Waals surface area contributed by atoms with Crippen molar-refractivity contribution in [2.75, 3.05) is 6.54 Å². The van der Waals surface area contributed by atoms with Crippen LogP contribution in [-0.4, -0.2) is 37.1 Å². The van der Waals surface area contributed by atoms with E-state index in [-0.39, 0.29) is 17.5 Å². The molecular weight excluding hydrogens is 318 g/mol. The molecule has 7 heteroatoms. The first kappa shape index (κ1) is 17.4. The minimum atomic E-state index is -0.0838. The first-order valence-electron chi connectivity index (χ1n) is 8.69. The van der Waals surface area contributed by atoms with Crippen LogP contribution in [-0.2, 0) is 24.2 Å². The van der Waals surface area contributed by atoms with Crippen molar-refractivity contribution in [3.63, 3.8) is 0 Å². The number of aryl methyl sites for hydroxylation is 2. The van der Waals surface area contributed by atoms with E-state index < -0.39 is 0 Å². The van der Waals surface area contributed by atoms with Crippen molar-refractivity contribution >= 4 is 5.91 Å². The second-order valence-corrected chi connectivity index (χ2v) is 7.01. The summed E-state index contributed by atoms with van der Waals surface area (Å²) in [5.41, 5.74) is 4.28. The molecule has 0 fully saturated rings. The summed E-state index contributed by atoms with van der Waals surface area (Å²) in [5.74, 6) is 0.642. The lowest BCUT2D eigenvalue weighted by Gasteiger charge is -2.28. The summed E-state index contributed by atoms with van der Waals surface area (Å²) >= 11 is 0. The SMILES string of the molecule is Cc1nc2c(c(=O)[nH]1)CCN(C(=O)Cc1c(C)nn(C(C)C)c1C)C2. The molecule has 1 aliphatic heterocycles. The first-order chi connectivity index (χ1) is 11.8. The lowest BCUT2D eigenvalue weighted by Crippen LogP contribution is -2.40. The molecule has 0 saturated carbocycles. The van der Waals surface area contributed by atoms with Crippen LogP contribution in [0.15, 0.2) is 4.79 Å². The van der Waals surface area contributed by atoms with Crippen LogP contribution in [0.5, 0.6) is 0 Å². The average molecular weight is 343 g/mol. The Hall–Kier alpha value is -2.44. The summed E-state index contributed by atoms with van der Waals surface area (Å²) in [4.78, 5) is 33.7. The highest BCUT2D eigenvalue weighted by Crippen LogP contribution is 2.20. The number of hydrogen-bond acceptors (Lipinski definition) is 4. The molecule has 3 heterocycles. The van der Waals surface area contributed by atoms with E-state index in [0.717, 1.165) is 17.0 Å². The molecule has 1 amide bonds. The van der Waals surface area contributed by atoms with Crippen LogP contribution in [0.4, 0.5) is 0 Å². The summed E-state index contributed by atoms with van der Waals surface area (Å²) < 4.78 is 1.97. The number of fused-ring (bicyclic) bond motifs is 1. The summed E-state index contributed by atoms with van der Waals surface area (Å²) in [5, 5.41) is 4.56. The third-order valence-corrected chi connectivity index (χ3v) is 4.84. The smallest absolute Gasteiger partial charge is 0.254 e. The zero-order valence-corrected chi connectivity index (χ0v) is 15.5.